The molecule has 18 heavy (non-hydrogen) atoms. The second-order valence-electron chi connectivity index (χ2n) is 4.65. The van der Waals surface area contributed by atoms with Crippen LogP contribution in [-0.2, 0) is 12.3 Å². The van der Waals surface area contributed by atoms with E-state index in [1.165, 1.54) is 11.1 Å². The van der Waals surface area contributed by atoms with E-state index in [4.69, 9.17) is 16.3 Å². The number of rotatable bonds is 4. The first-order valence-corrected chi connectivity index (χ1v) is 6.76. The zero-order valence-electron chi connectivity index (χ0n) is 10.1. The third kappa shape index (κ3) is 2.11. The molecule has 1 aliphatic carbocycles. The van der Waals surface area contributed by atoms with Crippen molar-refractivity contribution in [2.75, 3.05) is 6.61 Å². The number of hydrogen-bond acceptors (Lipinski definition) is 1. The standard InChI is InChI=1S/C16H15ClO/c17-10-13-6-2-4-8-16(13)18-11-14-9-12-5-1-3-7-15(12)14/h1-8,14H,9-11H2. The van der Waals surface area contributed by atoms with Gasteiger partial charge in [0, 0.05) is 11.5 Å². The quantitative estimate of drug-likeness (QED) is 0.749. The Labute approximate surface area is 112 Å². The number of hydrogen-bond donors (Lipinski definition) is 0. The predicted molar refractivity (Wildman–Crippen MR) is 74.4 cm³/mol. The smallest absolute Gasteiger partial charge is 0.123 e. The van der Waals surface area contributed by atoms with Crippen LogP contribution in [0, 0.1) is 0 Å². The molecule has 2 aromatic carbocycles. The number of fused-ring (bicyclic) bond motifs is 1. The summed E-state index contributed by atoms with van der Waals surface area (Å²) >= 11 is 5.90. The molecule has 0 bridgehead atoms. The van der Waals surface area contributed by atoms with Crippen LogP contribution in [-0.4, -0.2) is 6.61 Å². The molecule has 0 fully saturated rings. The van der Waals surface area contributed by atoms with E-state index in [9.17, 15) is 0 Å². The summed E-state index contributed by atoms with van der Waals surface area (Å²) < 4.78 is 5.90. The van der Waals surface area contributed by atoms with E-state index in [1.807, 2.05) is 24.3 Å². The maximum Gasteiger partial charge on any atom is 0.123 e. The van der Waals surface area contributed by atoms with E-state index in [0.29, 0.717) is 11.8 Å². The van der Waals surface area contributed by atoms with Crippen LogP contribution in [0.3, 0.4) is 0 Å². The van der Waals surface area contributed by atoms with Crippen molar-refractivity contribution in [1.29, 1.82) is 0 Å². The summed E-state index contributed by atoms with van der Waals surface area (Å²) in [6.07, 6.45) is 1.12. The van der Waals surface area contributed by atoms with Gasteiger partial charge in [0.05, 0.1) is 12.5 Å². The molecule has 2 heteroatoms. The zero-order valence-corrected chi connectivity index (χ0v) is 10.9. The van der Waals surface area contributed by atoms with Crippen LogP contribution in [0.5, 0.6) is 5.75 Å². The summed E-state index contributed by atoms with van der Waals surface area (Å²) in [7, 11) is 0. The highest BCUT2D eigenvalue weighted by atomic mass is 35.5. The van der Waals surface area contributed by atoms with E-state index < -0.39 is 0 Å². The minimum Gasteiger partial charge on any atom is -0.493 e. The highest BCUT2D eigenvalue weighted by molar-refractivity contribution is 6.17. The number of para-hydroxylation sites is 1. The van der Waals surface area contributed by atoms with Crippen molar-refractivity contribution in [2.24, 2.45) is 0 Å². The highest BCUT2D eigenvalue weighted by Crippen LogP contribution is 2.35. The van der Waals surface area contributed by atoms with Gasteiger partial charge in [0.2, 0.25) is 0 Å². The summed E-state index contributed by atoms with van der Waals surface area (Å²) in [4.78, 5) is 0. The van der Waals surface area contributed by atoms with Crippen LogP contribution in [0.15, 0.2) is 48.5 Å². The lowest BCUT2D eigenvalue weighted by Gasteiger charge is -2.30. The van der Waals surface area contributed by atoms with E-state index >= 15 is 0 Å². The monoisotopic (exact) mass is 258 g/mol. The van der Waals surface area contributed by atoms with Gasteiger partial charge in [-0.2, -0.15) is 0 Å². The van der Waals surface area contributed by atoms with Gasteiger partial charge in [-0.1, -0.05) is 42.5 Å². The molecule has 0 saturated heterocycles. The van der Waals surface area contributed by atoms with Crippen molar-refractivity contribution >= 4 is 11.6 Å². The van der Waals surface area contributed by atoms with E-state index in [-0.39, 0.29) is 0 Å². The Morgan fingerprint density at radius 1 is 1.06 bits per heavy atom. The molecule has 1 aliphatic rings. The molecule has 1 atom stereocenters. The minimum absolute atomic E-state index is 0.497. The summed E-state index contributed by atoms with van der Waals surface area (Å²) in [5.41, 5.74) is 3.95. The molecule has 0 amide bonds. The summed E-state index contributed by atoms with van der Waals surface area (Å²) in [5.74, 6) is 1.94. The van der Waals surface area contributed by atoms with Crippen molar-refractivity contribution in [3.8, 4) is 5.75 Å². The number of benzene rings is 2. The van der Waals surface area contributed by atoms with Gasteiger partial charge in [-0.25, -0.2) is 0 Å². The molecule has 0 aromatic heterocycles. The number of halogens is 1. The van der Waals surface area contributed by atoms with Crippen molar-refractivity contribution in [1.82, 2.24) is 0 Å². The van der Waals surface area contributed by atoms with E-state index in [2.05, 4.69) is 24.3 Å². The second-order valence-corrected chi connectivity index (χ2v) is 4.92. The molecule has 0 heterocycles. The Bertz CT molecular complexity index is 550. The average molecular weight is 259 g/mol. The Hall–Kier alpha value is -1.47. The molecule has 0 N–H and O–H groups in total. The topological polar surface area (TPSA) is 9.23 Å². The van der Waals surface area contributed by atoms with Crippen LogP contribution in [0.1, 0.15) is 22.6 Å². The van der Waals surface area contributed by atoms with Gasteiger partial charge >= 0.3 is 0 Å². The summed E-state index contributed by atoms with van der Waals surface area (Å²) in [6.45, 7) is 0.741. The van der Waals surface area contributed by atoms with Crippen LogP contribution in [0.2, 0.25) is 0 Å². The highest BCUT2D eigenvalue weighted by Gasteiger charge is 2.25. The van der Waals surface area contributed by atoms with Crippen LogP contribution in [0.25, 0.3) is 0 Å². The van der Waals surface area contributed by atoms with Crippen LogP contribution < -0.4 is 4.74 Å². The molecule has 92 valence electrons. The first kappa shape index (κ1) is 11.6. The SMILES string of the molecule is ClCc1ccccc1OCC1Cc2ccccc21. The second kappa shape index (κ2) is 5.03. The Morgan fingerprint density at radius 2 is 1.83 bits per heavy atom. The fraction of sp³-hybridized carbons (Fsp3) is 0.250. The number of alkyl halides is 1. The van der Waals surface area contributed by atoms with Gasteiger partial charge in [0.25, 0.3) is 0 Å². The van der Waals surface area contributed by atoms with Crippen molar-refractivity contribution in [3.63, 3.8) is 0 Å². The summed E-state index contributed by atoms with van der Waals surface area (Å²) in [5, 5.41) is 0. The molecule has 2 aromatic rings. The van der Waals surface area contributed by atoms with Crippen molar-refractivity contribution in [2.45, 2.75) is 18.2 Å². The summed E-state index contributed by atoms with van der Waals surface area (Å²) in [6, 6.07) is 16.6. The third-order valence-electron chi connectivity index (χ3n) is 3.52. The van der Waals surface area contributed by atoms with Gasteiger partial charge in [-0.15, -0.1) is 11.6 Å². The van der Waals surface area contributed by atoms with Gasteiger partial charge in [-0.05, 0) is 23.6 Å². The maximum atomic E-state index is 5.90. The fourth-order valence-electron chi connectivity index (χ4n) is 2.46. The Kier molecular flexibility index (Phi) is 3.24. The third-order valence-corrected chi connectivity index (χ3v) is 3.81. The van der Waals surface area contributed by atoms with Crippen LogP contribution >= 0.6 is 11.6 Å². The largest absolute Gasteiger partial charge is 0.493 e. The van der Waals surface area contributed by atoms with E-state index in [1.54, 1.807) is 0 Å². The molecule has 0 spiro atoms. The van der Waals surface area contributed by atoms with Crippen molar-refractivity contribution in [3.05, 3.63) is 65.2 Å². The molecule has 1 unspecified atom stereocenters. The average Bonchev–Trinajstić information content (AvgIpc) is 2.40. The first-order chi connectivity index (χ1) is 8.88. The van der Waals surface area contributed by atoms with Gasteiger partial charge < -0.3 is 4.74 Å². The molecule has 0 saturated carbocycles. The normalized spacial score (nSPS) is 16.8. The number of ether oxygens (including phenoxy) is 1. The van der Waals surface area contributed by atoms with Gasteiger partial charge in [0.1, 0.15) is 5.75 Å². The minimum atomic E-state index is 0.497. The van der Waals surface area contributed by atoms with Crippen molar-refractivity contribution < 1.29 is 4.74 Å². The lowest BCUT2D eigenvalue weighted by Crippen LogP contribution is -2.23. The Morgan fingerprint density at radius 3 is 2.67 bits per heavy atom. The lowest BCUT2D eigenvalue weighted by atomic mass is 9.78. The Balaban J connectivity index is 1.67. The van der Waals surface area contributed by atoms with Gasteiger partial charge in [0.15, 0.2) is 0 Å². The predicted octanol–water partition coefficient (Wildman–Crippen LogP) is 4.14. The lowest BCUT2D eigenvalue weighted by molar-refractivity contribution is 0.273. The molecule has 3 rings (SSSR count). The van der Waals surface area contributed by atoms with Crippen LogP contribution in [0.4, 0.5) is 0 Å². The van der Waals surface area contributed by atoms with E-state index in [0.717, 1.165) is 24.3 Å². The molecular formula is C16H15ClO. The molecular weight excluding hydrogens is 244 g/mol. The zero-order chi connectivity index (χ0) is 12.4. The molecule has 1 nitrogen and oxygen atoms in total. The van der Waals surface area contributed by atoms with Gasteiger partial charge in [-0.3, -0.25) is 0 Å². The molecule has 0 aliphatic heterocycles. The maximum absolute atomic E-state index is 5.90. The first-order valence-electron chi connectivity index (χ1n) is 6.23. The molecule has 0 radical (unpaired) electrons. The fourth-order valence-corrected chi connectivity index (χ4v) is 2.68.